The summed E-state index contributed by atoms with van der Waals surface area (Å²) in [7, 11) is 0. The number of carboxylic acid groups (broad SMARTS) is 1. The van der Waals surface area contributed by atoms with Gasteiger partial charge in [-0.2, -0.15) is 0 Å². The largest absolute Gasteiger partial charge is 0.478 e. The van der Waals surface area contributed by atoms with E-state index in [1.807, 2.05) is 0 Å². The molecule has 0 fully saturated rings. The van der Waals surface area contributed by atoms with E-state index in [1.54, 1.807) is 12.1 Å². The number of nitrogens with one attached hydrogen (secondary N) is 1. The third kappa shape index (κ3) is 12.2. The highest BCUT2D eigenvalue weighted by Crippen LogP contribution is 2.14. The average molecular weight is 376 g/mol. The van der Waals surface area contributed by atoms with Crippen molar-refractivity contribution in [1.29, 1.82) is 0 Å². The Labute approximate surface area is 164 Å². The number of rotatable bonds is 16. The number of carbonyl (C=O) groups is 2. The van der Waals surface area contributed by atoms with Gasteiger partial charge in [0, 0.05) is 12.1 Å². The number of benzene rings is 1. The van der Waals surface area contributed by atoms with E-state index in [9.17, 15) is 9.59 Å². The summed E-state index contributed by atoms with van der Waals surface area (Å²) in [5, 5.41) is 11.7. The average Bonchev–Trinajstić information content (AvgIpc) is 2.65. The standard InChI is InChI=1S/C23H37NO3/c1-2-3-4-5-6-7-8-9-10-11-12-13-14-18-22(25)24-21-17-15-16-20(19-21)23(26)27/h15-17,19H,2-14,18H2,1H3,(H,24,25)(H,26,27). The van der Waals surface area contributed by atoms with Gasteiger partial charge in [0.05, 0.1) is 5.56 Å². The SMILES string of the molecule is CCCCCCCCCCCCCCCC(=O)Nc1cccc(C(=O)O)c1. The third-order valence-electron chi connectivity index (χ3n) is 4.90. The molecule has 0 unspecified atom stereocenters. The van der Waals surface area contributed by atoms with E-state index < -0.39 is 5.97 Å². The Morgan fingerprint density at radius 3 is 1.85 bits per heavy atom. The summed E-state index contributed by atoms with van der Waals surface area (Å²) in [6.45, 7) is 2.26. The second-order valence-corrected chi connectivity index (χ2v) is 7.43. The highest BCUT2D eigenvalue weighted by atomic mass is 16.4. The van der Waals surface area contributed by atoms with Crippen LogP contribution in [-0.4, -0.2) is 17.0 Å². The topological polar surface area (TPSA) is 66.4 Å². The van der Waals surface area contributed by atoms with Crippen LogP contribution in [0.15, 0.2) is 24.3 Å². The summed E-state index contributed by atoms with van der Waals surface area (Å²) in [5.74, 6) is -1.02. The van der Waals surface area contributed by atoms with Gasteiger partial charge in [-0.05, 0) is 24.6 Å². The number of hydrogen-bond donors (Lipinski definition) is 2. The van der Waals surface area contributed by atoms with Gasteiger partial charge in [0.15, 0.2) is 0 Å². The van der Waals surface area contributed by atoms with Crippen molar-refractivity contribution in [2.75, 3.05) is 5.32 Å². The number of unbranched alkanes of at least 4 members (excludes halogenated alkanes) is 12. The van der Waals surface area contributed by atoms with Crippen molar-refractivity contribution < 1.29 is 14.7 Å². The molecule has 1 aromatic carbocycles. The Kier molecular flexibility index (Phi) is 13.1. The molecule has 0 saturated heterocycles. The van der Waals surface area contributed by atoms with E-state index >= 15 is 0 Å². The van der Waals surface area contributed by atoms with Gasteiger partial charge in [-0.1, -0.05) is 90.0 Å². The normalized spacial score (nSPS) is 10.7. The minimum Gasteiger partial charge on any atom is -0.478 e. The lowest BCUT2D eigenvalue weighted by molar-refractivity contribution is -0.116. The summed E-state index contributed by atoms with van der Waals surface area (Å²) in [6, 6.07) is 6.37. The van der Waals surface area contributed by atoms with Crippen molar-refractivity contribution in [2.24, 2.45) is 0 Å². The van der Waals surface area contributed by atoms with Crippen LogP contribution in [0.25, 0.3) is 0 Å². The van der Waals surface area contributed by atoms with E-state index in [-0.39, 0.29) is 11.5 Å². The lowest BCUT2D eigenvalue weighted by Crippen LogP contribution is -2.11. The maximum absolute atomic E-state index is 11.9. The first kappa shape index (κ1) is 23.2. The fraction of sp³-hybridized carbons (Fsp3) is 0.652. The Morgan fingerprint density at radius 2 is 1.33 bits per heavy atom. The molecule has 1 rings (SSSR count). The zero-order valence-corrected chi connectivity index (χ0v) is 17.0. The molecule has 1 aromatic rings. The molecule has 0 aliphatic heterocycles. The molecule has 0 aromatic heterocycles. The summed E-state index contributed by atoms with van der Waals surface area (Å²) in [6.07, 6.45) is 17.2. The Hall–Kier alpha value is -1.84. The summed E-state index contributed by atoms with van der Waals surface area (Å²) >= 11 is 0. The molecule has 2 N–H and O–H groups in total. The van der Waals surface area contributed by atoms with Gasteiger partial charge in [-0.25, -0.2) is 4.79 Å². The van der Waals surface area contributed by atoms with Crippen molar-refractivity contribution in [3.63, 3.8) is 0 Å². The molecule has 27 heavy (non-hydrogen) atoms. The molecule has 0 bridgehead atoms. The summed E-state index contributed by atoms with van der Waals surface area (Å²) in [4.78, 5) is 22.9. The lowest BCUT2D eigenvalue weighted by atomic mass is 10.0. The molecule has 0 spiro atoms. The molecule has 152 valence electrons. The fourth-order valence-electron chi connectivity index (χ4n) is 3.26. The van der Waals surface area contributed by atoms with E-state index in [4.69, 9.17) is 5.11 Å². The minimum absolute atomic E-state index is 0.0411. The third-order valence-corrected chi connectivity index (χ3v) is 4.90. The smallest absolute Gasteiger partial charge is 0.335 e. The van der Waals surface area contributed by atoms with Gasteiger partial charge in [0.2, 0.25) is 5.91 Å². The van der Waals surface area contributed by atoms with Crippen LogP contribution >= 0.6 is 0 Å². The highest BCUT2D eigenvalue weighted by Gasteiger charge is 2.06. The minimum atomic E-state index is -0.984. The Morgan fingerprint density at radius 1 is 0.815 bits per heavy atom. The fourth-order valence-corrected chi connectivity index (χ4v) is 3.26. The number of aromatic carboxylic acids is 1. The summed E-state index contributed by atoms with van der Waals surface area (Å²) in [5.41, 5.74) is 0.739. The highest BCUT2D eigenvalue weighted by molar-refractivity contribution is 5.93. The van der Waals surface area contributed by atoms with Gasteiger partial charge >= 0.3 is 5.97 Å². The van der Waals surface area contributed by atoms with Crippen LogP contribution in [0.5, 0.6) is 0 Å². The Balaban J connectivity index is 1.95. The van der Waals surface area contributed by atoms with Crippen LogP contribution in [-0.2, 0) is 4.79 Å². The summed E-state index contributed by atoms with van der Waals surface area (Å²) < 4.78 is 0. The first-order valence-electron chi connectivity index (χ1n) is 10.8. The maximum Gasteiger partial charge on any atom is 0.335 e. The molecule has 0 heterocycles. The molecule has 4 heteroatoms. The number of carboxylic acids is 1. The van der Waals surface area contributed by atoms with Gasteiger partial charge < -0.3 is 10.4 Å². The maximum atomic E-state index is 11.9. The van der Waals surface area contributed by atoms with E-state index in [0.717, 1.165) is 12.8 Å². The van der Waals surface area contributed by atoms with E-state index in [1.165, 1.54) is 82.8 Å². The molecule has 4 nitrogen and oxygen atoms in total. The zero-order valence-electron chi connectivity index (χ0n) is 17.0. The van der Waals surface area contributed by atoms with Crippen LogP contribution < -0.4 is 5.32 Å². The van der Waals surface area contributed by atoms with Gasteiger partial charge in [0.25, 0.3) is 0 Å². The number of amides is 1. The number of anilines is 1. The number of hydrogen-bond acceptors (Lipinski definition) is 2. The van der Waals surface area contributed by atoms with Gasteiger partial charge in [0.1, 0.15) is 0 Å². The second kappa shape index (κ2) is 15.2. The molecule has 0 aliphatic rings. The zero-order chi connectivity index (χ0) is 19.7. The number of carbonyl (C=O) groups excluding carboxylic acids is 1. The van der Waals surface area contributed by atoms with Crippen LogP contribution in [0.3, 0.4) is 0 Å². The van der Waals surface area contributed by atoms with Crippen LogP contribution in [0.1, 0.15) is 107 Å². The van der Waals surface area contributed by atoms with Crippen molar-refractivity contribution >= 4 is 17.6 Å². The van der Waals surface area contributed by atoms with Crippen molar-refractivity contribution in [2.45, 2.75) is 96.8 Å². The van der Waals surface area contributed by atoms with Crippen LogP contribution in [0, 0.1) is 0 Å². The first-order chi connectivity index (χ1) is 13.1. The monoisotopic (exact) mass is 375 g/mol. The molecule has 1 amide bonds. The first-order valence-corrected chi connectivity index (χ1v) is 10.8. The predicted octanol–water partition coefficient (Wildman–Crippen LogP) is 6.80. The van der Waals surface area contributed by atoms with E-state index in [2.05, 4.69) is 12.2 Å². The van der Waals surface area contributed by atoms with Crippen LogP contribution in [0.4, 0.5) is 5.69 Å². The van der Waals surface area contributed by atoms with Gasteiger partial charge in [-0.3, -0.25) is 4.79 Å². The second-order valence-electron chi connectivity index (χ2n) is 7.43. The van der Waals surface area contributed by atoms with Crippen LogP contribution in [0.2, 0.25) is 0 Å². The molecule has 0 atom stereocenters. The molecular weight excluding hydrogens is 338 g/mol. The molecule has 0 saturated carbocycles. The molecule has 0 radical (unpaired) electrons. The molecular formula is C23H37NO3. The van der Waals surface area contributed by atoms with Gasteiger partial charge in [-0.15, -0.1) is 0 Å². The predicted molar refractivity (Wildman–Crippen MR) is 112 cm³/mol. The van der Waals surface area contributed by atoms with E-state index in [0.29, 0.717) is 12.1 Å². The van der Waals surface area contributed by atoms with Crippen molar-refractivity contribution in [3.8, 4) is 0 Å². The molecule has 0 aliphatic carbocycles. The Bertz CT molecular complexity index is 542. The van der Waals surface area contributed by atoms with Crippen molar-refractivity contribution in [1.82, 2.24) is 0 Å². The lowest BCUT2D eigenvalue weighted by Gasteiger charge is -2.06. The quantitative estimate of drug-likeness (QED) is 0.312. The van der Waals surface area contributed by atoms with Crippen molar-refractivity contribution in [3.05, 3.63) is 29.8 Å².